The number of hydrogen-bond acceptors (Lipinski definition) is 3. The highest BCUT2D eigenvalue weighted by molar-refractivity contribution is 9.10. The lowest BCUT2D eigenvalue weighted by atomic mass is 10.3. The van der Waals surface area contributed by atoms with Crippen LogP contribution in [0.3, 0.4) is 0 Å². The van der Waals surface area contributed by atoms with Crippen LogP contribution in [-0.2, 0) is 4.74 Å². The molecule has 4 heteroatoms. The van der Waals surface area contributed by atoms with Crippen molar-refractivity contribution >= 4 is 27.7 Å². The fourth-order valence-corrected chi connectivity index (χ4v) is 2.74. The monoisotopic (exact) mass is 318 g/mol. The van der Waals surface area contributed by atoms with Crippen LogP contribution in [0.4, 0.5) is 0 Å². The van der Waals surface area contributed by atoms with Crippen molar-refractivity contribution in [1.82, 2.24) is 0 Å². The molecule has 0 radical (unpaired) electrons. The molecule has 0 amide bonds. The van der Waals surface area contributed by atoms with E-state index in [2.05, 4.69) is 22.9 Å². The van der Waals surface area contributed by atoms with Crippen LogP contribution >= 0.6 is 27.7 Å². The molecule has 0 spiro atoms. The molecule has 96 valence electrons. The van der Waals surface area contributed by atoms with Gasteiger partial charge in [-0.3, -0.25) is 0 Å². The van der Waals surface area contributed by atoms with Crippen LogP contribution < -0.4 is 0 Å². The highest BCUT2D eigenvalue weighted by atomic mass is 79.9. The van der Waals surface area contributed by atoms with Gasteiger partial charge in [0.2, 0.25) is 0 Å². The van der Waals surface area contributed by atoms with Gasteiger partial charge >= 0.3 is 0 Å². The number of ether oxygens (including phenoxy) is 1. The van der Waals surface area contributed by atoms with E-state index in [-0.39, 0.29) is 0 Å². The molecule has 1 rings (SSSR count). The van der Waals surface area contributed by atoms with Gasteiger partial charge in [-0.05, 0) is 34.5 Å². The first-order valence-corrected chi connectivity index (χ1v) is 7.65. The summed E-state index contributed by atoms with van der Waals surface area (Å²) in [6, 6.07) is 8.03. The summed E-state index contributed by atoms with van der Waals surface area (Å²) in [6.07, 6.45) is 1.79. The van der Waals surface area contributed by atoms with Crippen molar-refractivity contribution in [3.05, 3.63) is 28.7 Å². The second-order valence-corrected chi connectivity index (χ2v) is 5.74. The summed E-state index contributed by atoms with van der Waals surface area (Å²) in [5, 5.41) is 9.74. The Morgan fingerprint density at radius 2 is 2.18 bits per heavy atom. The van der Waals surface area contributed by atoms with E-state index < -0.39 is 6.10 Å². The van der Waals surface area contributed by atoms with Crippen LogP contribution in [0.15, 0.2) is 33.6 Å². The van der Waals surface area contributed by atoms with Gasteiger partial charge in [-0.25, -0.2) is 0 Å². The second kappa shape index (κ2) is 8.97. The Morgan fingerprint density at radius 3 is 2.88 bits per heavy atom. The minimum atomic E-state index is -0.399. The number of unbranched alkanes of at least 4 members (excludes halogenated alkanes) is 1. The zero-order valence-corrected chi connectivity index (χ0v) is 12.5. The molecule has 2 nitrogen and oxygen atoms in total. The van der Waals surface area contributed by atoms with E-state index in [0.29, 0.717) is 12.4 Å². The number of aliphatic hydroxyl groups excluding tert-OH is 1. The van der Waals surface area contributed by atoms with Crippen molar-refractivity contribution in [3.8, 4) is 0 Å². The second-order valence-electron chi connectivity index (χ2n) is 3.82. The minimum Gasteiger partial charge on any atom is -0.390 e. The largest absolute Gasteiger partial charge is 0.390 e. The van der Waals surface area contributed by atoms with E-state index in [1.165, 1.54) is 0 Å². The van der Waals surface area contributed by atoms with Crippen LogP contribution in [-0.4, -0.2) is 30.2 Å². The van der Waals surface area contributed by atoms with Crippen molar-refractivity contribution in [2.75, 3.05) is 19.0 Å². The molecule has 0 aliphatic carbocycles. The molecule has 0 saturated heterocycles. The van der Waals surface area contributed by atoms with Gasteiger partial charge in [-0.15, -0.1) is 11.8 Å². The van der Waals surface area contributed by atoms with Crippen molar-refractivity contribution < 1.29 is 9.84 Å². The number of halogens is 1. The van der Waals surface area contributed by atoms with Crippen molar-refractivity contribution in [1.29, 1.82) is 0 Å². The summed E-state index contributed by atoms with van der Waals surface area (Å²) in [7, 11) is 0. The van der Waals surface area contributed by atoms with Gasteiger partial charge < -0.3 is 9.84 Å². The molecule has 1 N–H and O–H groups in total. The molecule has 1 unspecified atom stereocenters. The first-order chi connectivity index (χ1) is 8.24. The van der Waals surface area contributed by atoms with Gasteiger partial charge in [0, 0.05) is 21.7 Å². The lowest BCUT2D eigenvalue weighted by Gasteiger charge is -2.11. The molecule has 0 fully saturated rings. The van der Waals surface area contributed by atoms with Crippen LogP contribution in [0.1, 0.15) is 19.8 Å². The van der Waals surface area contributed by atoms with Crippen molar-refractivity contribution in [3.63, 3.8) is 0 Å². The van der Waals surface area contributed by atoms with Crippen molar-refractivity contribution in [2.24, 2.45) is 0 Å². The molecule has 0 bridgehead atoms. The summed E-state index contributed by atoms with van der Waals surface area (Å²) in [6.45, 7) is 3.30. The minimum absolute atomic E-state index is 0.399. The highest BCUT2D eigenvalue weighted by Crippen LogP contribution is 2.27. The lowest BCUT2D eigenvalue weighted by molar-refractivity contribution is 0.0473. The van der Waals surface area contributed by atoms with Gasteiger partial charge in [0.15, 0.2) is 0 Å². The van der Waals surface area contributed by atoms with Crippen LogP contribution in [0.2, 0.25) is 0 Å². The number of thioether (sulfide) groups is 1. The van der Waals surface area contributed by atoms with Crippen LogP contribution in [0.5, 0.6) is 0 Å². The lowest BCUT2D eigenvalue weighted by Crippen LogP contribution is -2.18. The molecule has 17 heavy (non-hydrogen) atoms. The van der Waals surface area contributed by atoms with E-state index in [0.717, 1.165) is 28.8 Å². The van der Waals surface area contributed by atoms with Gasteiger partial charge in [-0.1, -0.05) is 25.5 Å². The molecule has 1 atom stereocenters. The Hall–Kier alpha value is -0.0300. The van der Waals surface area contributed by atoms with Crippen molar-refractivity contribution in [2.45, 2.75) is 30.8 Å². The van der Waals surface area contributed by atoms with E-state index in [9.17, 15) is 5.11 Å². The quantitative estimate of drug-likeness (QED) is 0.585. The molecule has 0 aromatic heterocycles. The SMILES string of the molecule is CCCCOCC(O)CSc1ccccc1Br. The summed E-state index contributed by atoms with van der Waals surface area (Å²) >= 11 is 5.13. The predicted octanol–water partition coefficient (Wildman–Crippen LogP) is 3.72. The van der Waals surface area contributed by atoms with Crippen LogP contribution in [0.25, 0.3) is 0 Å². The maximum atomic E-state index is 9.74. The number of aliphatic hydroxyl groups is 1. The third-order valence-electron chi connectivity index (χ3n) is 2.22. The maximum absolute atomic E-state index is 9.74. The van der Waals surface area contributed by atoms with E-state index in [1.54, 1.807) is 11.8 Å². The zero-order chi connectivity index (χ0) is 12.5. The summed E-state index contributed by atoms with van der Waals surface area (Å²) < 4.78 is 6.45. The average Bonchev–Trinajstić information content (AvgIpc) is 2.34. The zero-order valence-electron chi connectivity index (χ0n) is 10.1. The Balaban J connectivity index is 2.19. The Kier molecular flexibility index (Phi) is 7.93. The molecular formula is C13H19BrO2S. The topological polar surface area (TPSA) is 29.5 Å². The third-order valence-corrected chi connectivity index (χ3v) is 4.39. The fourth-order valence-electron chi connectivity index (χ4n) is 1.26. The molecule has 1 aromatic rings. The summed E-state index contributed by atoms with van der Waals surface area (Å²) in [5.74, 6) is 0.661. The standard InChI is InChI=1S/C13H19BrO2S/c1-2-3-8-16-9-11(15)10-17-13-7-5-4-6-12(13)14/h4-7,11,15H,2-3,8-10H2,1H3. The van der Waals surface area contributed by atoms with E-state index >= 15 is 0 Å². The predicted molar refractivity (Wildman–Crippen MR) is 76.6 cm³/mol. The highest BCUT2D eigenvalue weighted by Gasteiger charge is 2.06. The number of hydrogen-bond donors (Lipinski definition) is 1. The van der Waals surface area contributed by atoms with Crippen LogP contribution in [0, 0.1) is 0 Å². The summed E-state index contributed by atoms with van der Waals surface area (Å²) in [4.78, 5) is 1.15. The first kappa shape index (κ1) is 15.0. The number of rotatable bonds is 8. The molecule has 1 aromatic carbocycles. The van der Waals surface area contributed by atoms with E-state index in [4.69, 9.17) is 4.74 Å². The van der Waals surface area contributed by atoms with Gasteiger partial charge in [0.1, 0.15) is 0 Å². The first-order valence-electron chi connectivity index (χ1n) is 5.87. The normalized spacial score (nSPS) is 12.6. The number of benzene rings is 1. The summed E-state index contributed by atoms with van der Waals surface area (Å²) in [5.41, 5.74) is 0. The van der Waals surface area contributed by atoms with Gasteiger partial charge in [0.25, 0.3) is 0 Å². The van der Waals surface area contributed by atoms with Gasteiger partial charge in [-0.2, -0.15) is 0 Å². The third kappa shape index (κ3) is 6.46. The smallest absolute Gasteiger partial charge is 0.0867 e. The Morgan fingerprint density at radius 1 is 1.41 bits per heavy atom. The molecule has 0 aliphatic rings. The Labute approximate surface area is 116 Å². The molecule has 0 saturated carbocycles. The molecule has 0 aliphatic heterocycles. The fraction of sp³-hybridized carbons (Fsp3) is 0.538. The van der Waals surface area contributed by atoms with Gasteiger partial charge in [0.05, 0.1) is 12.7 Å². The molecular weight excluding hydrogens is 300 g/mol. The molecule has 0 heterocycles. The Bertz CT molecular complexity index is 320. The van der Waals surface area contributed by atoms with E-state index in [1.807, 2.05) is 24.3 Å². The maximum Gasteiger partial charge on any atom is 0.0867 e. The average molecular weight is 319 g/mol.